The minimum atomic E-state index is 0.00164. The quantitative estimate of drug-likeness (QED) is 0.820. The minimum Gasteiger partial charge on any atom is -0.375 e. The molecule has 4 atom stereocenters. The van der Waals surface area contributed by atoms with E-state index in [4.69, 9.17) is 4.74 Å². The second kappa shape index (κ2) is 5.87. The summed E-state index contributed by atoms with van der Waals surface area (Å²) in [7, 11) is 0. The molecule has 19 heavy (non-hydrogen) atoms. The highest BCUT2D eigenvalue weighted by molar-refractivity contribution is 5.83. The average molecular weight is 264 g/mol. The van der Waals surface area contributed by atoms with E-state index in [1.54, 1.807) is 6.20 Å². The highest BCUT2D eigenvalue weighted by Gasteiger charge is 2.41. The van der Waals surface area contributed by atoms with Gasteiger partial charge >= 0.3 is 0 Å². The van der Waals surface area contributed by atoms with E-state index in [0.717, 1.165) is 18.8 Å². The summed E-state index contributed by atoms with van der Waals surface area (Å²) in [5.74, 6) is 1.43. The van der Waals surface area contributed by atoms with E-state index in [0.29, 0.717) is 6.42 Å². The molecular formula is C15H24N2O2. The van der Waals surface area contributed by atoms with Crippen molar-refractivity contribution in [3.8, 4) is 0 Å². The van der Waals surface area contributed by atoms with E-state index in [-0.39, 0.29) is 29.8 Å². The van der Waals surface area contributed by atoms with Crippen LogP contribution < -0.4 is 0 Å². The molecule has 1 aliphatic heterocycles. The van der Waals surface area contributed by atoms with Gasteiger partial charge in [0.15, 0.2) is 0 Å². The summed E-state index contributed by atoms with van der Waals surface area (Å²) < 4.78 is 7.83. The maximum atomic E-state index is 12.5. The monoisotopic (exact) mass is 264 g/mol. The van der Waals surface area contributed by atoms with Crippen LogP contribution >= 0.6 is 0 Å². The van der Waals surface area contributed by atoms with Crippen molar-refractivity contribution in [2.75, 3.05) is 0 Å². The van der Waals surface area contributed by atoms with Gasteiger partial charge in [0.1, 0.15) is 11.6 Å². The fraction of sp³-hybridized carbons (Fsp3) is 0.733. The first kappa shape index (κ1) is 14.3. The Morgan fingerprint density at radius 1 is 1.37 bits per heavy atom. The summed E-state index contributed by atoms with van der Waals surface area (Å²) in [6.07, 6.45) is 5.38. The Balaban J connectivity index is 2.06. The molecule has 2 heterocycles. The third-order valence-electron chi connectivity index (χ3n) is 4.21. The van der Waals surface area contributed by atoms with Crippen LogP contribution in [0.2, 0.25) is 0 Å². The Morgan fingerprint density at radius 2 is 2.11 bits per heavy atom. The molecule has 4 unspecified atom stereocenters. The van der Waals surface area contributed by atoms with Crippen molar-refractivity contribution in [2.24, 2.45) is 11.8 Å². The number of ketones is 1. The van der Waals surface area contributed by atoms with Gasteiger partial charge in [-0.3, -0.25) is 4.79 Å². The van der Waals surface area contributed by atoms with Crippen molar-refractivity contribution in [1.29, 1.82) is 0 Å². The van der Waals surface area contributed by atoms with Gasteiger partial charge in [0.05, 0.1) is 18.6 Å². The number of rotatable bonds is 5. The second-order valence-corrected chi connectivity index (χ2v) is 5.61. The van der Waals surface area contributed by atoms with Gasteiger partial charge in [-0.25, -0.2) is 4.98 Å². The largest absolute Gasteiger partial charge is 0.375 e. The number of imidazole rings is 1. The number of hydrogen-bond acceptors (Lipinski definition) is 3. The fourth-order valence-electron chi connectivity index (χ4n) is 3.05. The van der Waals surface area contributed by atoms with Crippen molar-refractivity contribution in [1.82, 2.24) is 9.55 Å². The van der Waals surface area contributed by atoms with Crippen LogP contribution in [0.4, 0.5) is 0 Å². The molecule has 0 aliphatic carbocycles. The molecule has 4 nitrogen and oxygen atoms in total. The Morgan fingerprint density at radius 3 is 2.68 bits per heavy atom. The van der Waals surface area contributed by atoms with Crippen LogP contribution in [0, 0.1) is 11.8 Å². The minimum absolute atomic E-state index is 0.00164. The van der Waals surface area contributed by atoms with Crippen molar-refractivity contribution in [3.63, 3.8) is 0 Å². The zero-order valence-electron chi connectivity index (χ0n) is 12.3. The smallest absolute Gasteiger partial charge is 0.146 e. The lowest BCUT2D eigenvalue weighted by atomic mass is 9.85. The van der Waals surface area contributed by atoms with E-state index in [1.165, 1.54) is 0 Å². The zero-order chi connectivity index (χ0) is 14.0. The van der Waals surface area contributed by atoms with Crippen LogP contribution in [0.25, 0.3) is 0 Å². The number of carbonyl (C=O) groups is 1. The van der Waals surface area contributed by atoms with Gasteiger partial charge in [-0.05, 0) is 26.2 Å². The molecule has 1 aliphatic rings. The van der Waals surface area contributed by atoms with Crippen molar-refractivity contribution in [2.45, 2.75) is 59.3 Å². The van der Waals surface area contributed by atoms with E-state index >= 15 is 0 Å². The molecule has 0 radical (unpaired) electrons. The Hall–Kier alpha value is -1.16. The zero-order valence-corrected chi connectivity index (χ0v) is 12.3. The molecule has 0 amide bonds. The van der Waals surface area contributed by atoms with Gasteiger partial charge in [0, 0.05) is 24.9 Å². The second-order valence-electron chi connectivity index (χ2n) is 5.61. The number of aryl methyl sites for hydroxylation is 1. The van der Waals surface area contributed by atoms with Crippen LogP contribution in [0.15, 0.2) is 12.4 Å². The maximum Gasteiger partial charge on any atom is 0.146 e. The Labute approximate surface area is 115 Å². The summed E-state index contributed by atoms with van der Waals surface area (Å²) in [5, 5.41) is 0. The van der Waals surface area contributed by atoms with Gasteiger partial charge in [0.2, 0.25) is 0 Å². The molecule has 0 N–H and O–H groups in total. The summed E-state index contributed by atoms with van der Waals surface area (Å²) >= 11 is 0. The lowest BCUT2D eigenvalue weighted by Crippen LogP contribution is -2.29. The first-order valence-corrected chi connectivity index (χ1v) is 7.22. The standard InChI is InChI=1S/C15H24N2O2/c1-5-7-17-8-6-16-14(17)9-13(18)15-10(2)11(3)19-12(15)4/h6,8,10-12,15H,5,7,9H2,1-4H3. The molecule has 0 bridgehead atoms. The number of aromatic nitrogens is 2. The normalized spacial score (nSPS) is 30.7. The molecular weight excluding hydrogens is 240 g/mol. The van der Waals surface area contributed by atoms with Crippen LogP contribution in [0.5, 0.6) is 0 Å². The third-order valence-corrected chi connectivity index (χ3v) is 4.21. The Kier molecular flexibility index (Phi) is 4.40. The van der Waals surface area contributed by atoms with Gasteiger partial charge in [0.25, 0.3) is 0 Å². The lowest BCUT2D eigenvalue weighted by Gasteiger charge is -2.17. The number of ether oxygens (including phenoxy) is 1. The third kappa shape index (κ3) is 2.89. The van der Waals surface area contributed by atoms with E-state index in [2.05, 4.69) is 23.4 Å². The van der Waals surface area contributed by atoms with Crippen LogP contribution in [-0.4, -0.2) is 27.5 Å². The molecule has 1 fully saturated rings. The van der Waals surface area contributed by atoms with Crippen molar-refractivity contribution >= 4 is 5.78 Å². The first-order chi connectivity index (χ1) is 9.04. The Bertz CT molecular complexity index is 441. The number of hydrogen-bond donors (Lipinski definition) is 0. The van der Waals surface area contributed by atoms with Gasteiger partial charge in [-0.15, -0.1) is 0 Å². The topological polar surface area (TPSA) is 44.1 Å². The highest BCUT2D eigenvalue weighted by Crippen LogP contribution is 2.33. The van der Waals surface area contributed by atoms with Gasteiger partial charge in [-0.1, -0.05) is 13.8 Å². The molecule has 106 valence electrons. The molecule has 0 spiro atoms. The van der Waals surface area contributed by atoms with E-state index < -0.39 is 0 Å². The molecule has 4 heteroatoms. The summed E-state index contributed by atoms with van der Waals surface area (Å²) in [6.45, 7) is 9.20. The SMILES string of the molecule is CCCn1ccnc1CC(=O)C1C(C)OC(C)C1C. The van der Waals surface area contributed by atoms with Crippen LogP contribution in [0.3, 0.4) is 0 Å². The fourth-order valence-corrected chi connectivity index (χ4v) is 3.05. The molecule has 0 saturated carbocycles. The maximum absolute atomic E-state index is 12.5. The summed E-state index contributed by atoms with van der Waals surface area (Å²) in [4.78, 5) is 16.8. The lowest BCUT2D eigenvalue weighted by molar-refractivity contribution is -0.124. The molecule has 1 saturated heterocycles. The number of nitrogens with zero attached hydrogens (tertiary/aromatic N) is 2. The molecule has 0 aromatic carbocycles. The predicted molar refractivity (Wildman–Crippen MR) is 73.9 cm³/mol. The van der Waals surface area contributed by atoms with Crippen LogP contribution in [-0.2, 0) is 22.5 Å². The van der Waals surface area contributed by atoms with E-state index in [1.807, 2.05) is 20.0 Å². The van der Waals surface area contributed by atoms with E-state index in [9.17, 15) is 4.79 Å². The van der Waals surface area contributed by atoms with Crippen LogP contribution in [0.1, 0.15) is 39.9 Å². The van der Waals surface area contributed by atoms with Crippen molar-refractivity contribution < 1.29 is 9.53 Å². The average Bonchev–Trinajstić information content (AvgIpc) is 2.86. The number of carbonyl (C=O) groups excluding carboxylic acids is 1. The molecule has 1 aromatic rings. The first-order valence-electron chi connectivity index (χ1n) is 7.22. The summed E-state index contributed by atoms with van der Waals surface area (Å²) in [6, 6.07) is 0. The number of Topliss-reactive ketones (excluding diaryl/α,β-unsaturated/α-hetero) is 1. The predicted octanol–water partition coefficient (Wildman–Crippen LogP) is 2.46. The van der Waals surface area contributed by atoms with Gasteiger partial charge in [-0.2, -0.15) is 0 Å². The van der Waals surface area contributed by atoms with Gasteiger partial charge < -0.3 is 9.30 Å². The molecule has 1 aromatic heterocycles. The molecule has 2 rings (SSSR count). The van der Waals surface area contributed by atoms with Crippen molar-refractivity contribution in [3.05, 3.63) is 18.2 Å². The summed E-state index contributed by atoms with van der Waals surface area (Å²) in [5.41, 5.74) is 0. The highest BCUT2D eigenvalue weighted by atomic mass is 16.5.